The average molecular weight is 344 g/mol. The lowest BCUT2D eigenvalue weighted by molar-refractivity contribution is 0.216. The van der Waals surface area contributed by atoms with Crippen molar-refractivity contribution in [3.05, 3.63) is 84.7 Å². The molecule has 0 amide bonds. The molecule has 4 nitrogen and oxygen atoms in total. The van der Waals surface area contributed by atoms with Crippen LogP contribution in [0.3, 0.4) is 0 Å². The number of hydrogen-bond acceptors (Lipinski definition) is 3. The van der Waals surface area contributed by atoms with E-state index < -0.39 is 0 Å². The first-order valence-electron chi connectivity index (χ1n) is 8.58. The molecule has 4 rings (SSSR count). The first-order valence-corrected chi connectivity index (χ1v) is 8.58. The molecule has 0 spiro atoms. The molecule has 0 aliphatic carbocycles. The van der Waals surface area contributed by atoms with E-state index in [1.165, 1.54) is 0 Å². The summed E-state index contributed by atoms with van der Waals surface area (Å²) in [5, 5.41) is 0. The number of pyridine rings is 1. The van der Waals surface area contributed by atoms with E-state index in [2.05, 4.69) is 17.1 Å². The van der Waals surface area contributed by atoms with Crippen molar-refractivity contribution in [2.24, 2.45) is 0 Å². The van der Waals surface area contributed by atoms with Gasteiger partial charge < -0.3 is 13.9 Å². The van der Waals surface area contributed by atoms with E-state index in [1.54, 1.807) is 7.11 Å². The Kier molecular flexibility index (Phi) is 4.32. The van der Waals surface area contributed by atoms with Crippen LogP contribution in [0.1, 0.15) is 18.6 Å². The van der Waals surface area contributed by atoms with Gasteiger partial charge >= 0.3 is 0 Å². The second-order valence-corrected chi connectivity index (χ2v) is 6.13. The van der Waals surface area contributed by atoms with Crippen molar-refractivity contribution in [2.45, 2.75) is 13.0 Å². The third kappa shape index (κ3) is 3.14. The number of nitrogens with zero attached hydrogens (tertiary/aromatic N) is 2. The standard InChI is InChI=1S/C22H20N2O2/c1-16(17-8-4-3-5-9-17)26-20-12-11-18(14-21(20)25-2)19-15-24-13-7-6-10-22(24)23-19/h3-16H,1-2H3/t16-/m1/s1. The Balaban J connectivity index is 1.64. The molecule has 26 heavy (non-hydrogen) atoms. The molecule has 0 aliphatic rings. The molecule has 0 N–H and O–H groups in total. The summed E-state index contributed by atoms with van der Waals surface area (Å²) in [5.74, 6) is 1.42. The topological polar surface area (TPSA) is 35.8 Å². The van der Waals surface area contributed by atoms with Crippen LogP contribution in [0.15, 0.2) is 79.1 Å². The summed E-state index contributed by atoms with van der Waals surface area (Å²) in [4.78, 5) is 4.66. The quantitative estimate of drug-likeness (QED) is 0.502. The molecule has 0 unspecified atom stereocenters. The van der Waals surface area contributed by atoms with E-state index in [-0.39, 0.29) is 6.10 Å². The number of methoxy groups -OCH3 is 1. The number of imidazole rings is 1. The second-order valence-electron chi connectivity index (χ2n) is 6.13. The molecule has 0 saturated heterocycles. The van der Waals surface area contributed by atoms with Gasteiger partial charge in [0, 0.05) is 18.0 Å². The van der Waals surface area contributed by atoms with Crippen LogP contribution in [0.25, 0.3) is 16.9 Å². The summed E-state index contributed by atoms with van der Waals surface area (Å²) < 4.78 is 13.7. The molecule has 2 heterocycles. The summed E-state index contributed by atoms with van der Waals surface area (Å²) in [6.07, 6.45) is 3.94. The SMILES string of the molecule is COc1cc(-c2cn3ccccc3n2)ccc1O[C@H](C)c1ccccc1. The minimum absolute atomic E-state index is 0.0638. The molecule has 1 atom stereocenters. The van der Waals surface area contributed by atoms with Gasteiger partial charge in [0.1, 0.15) is 11.8 Å². The Hall–Kier alpha value is -3.27. The van der Waals surface area contributed by atoms with Crippen LogP contribution in [0.4, 0.5) is 0 Å². The van der Waals surface area contributed by atoms with Gasteiger partial charge in [0.05, 0.1) is 12.8 Å². The minimum Gasteiger partial charge on any atom is -0.493 e. The van der Waals surface area contributed by atoms with E-state index in [0.717, 1.165) is 28.2 Å². The molecule has 0 fully saturated rings. The Labute approximate surface area is 152 Å². The van der Waals surface area contributed by atoms with Gasteiger partial charge in [-0.3, -0.25) is 0 Å². The fourth-order valence-corrected chi connectivity index (χ4v) is 2.98. The highest BCUT2D eigenvalue weighted by Crippen LogP contribution is 2.35. The zero-order valence-corrected chi connectivity index (χ0v) is 14.8. The lowest BCUT2D eigenvalue weighted by Crippen LogP contribution is -2.04. The highest BCUT2D eigenvalue weighted by molar-refractivity contribution is 5.66. The summed E-state index contributed by atoms with van der Waals surface area (Å²) in [7, 11) is 1.66. The van der Waals surface area contributed by atoms with Crippen molar-refractivity contribution in [3.8, 4) is 22.8 Å². The molecule has 2 aromatic carbocycles. The van der Waals surface area contributed by atoms with Gasteiger partial charge in [0.15, 0.2) is 11.5 Å². The molecule has 4 heteroatoms. The number of hydrogen-bond donors (Lipinski definition) is 0. The van der Waals surface area contributed by atoms with Gasteiger partial charge in [-0.1, -0.05) is 36.4 Å². The van der Waals surface area contributed by atoms with Gasteiger partial charge in [-0.2, -0.15) is 0 Å². The third-order valence-electron chi connectivity index (χ3n) is 4.40. The van der Waals surface area contributed by atoms with Gasteiger partial charge in [-0.05, 0) is 42.8 Å². The lowest BCUT2D eigenvalue weighted by atomic mass is 10.1. The predicted octanol–water partition coefficient (Wildman–Crippen LogP) is 5.15. The van der Waals surface area contributed by atoms with Crippen LogP contribution in [0, 0.1) is 0 Å². The predicted molar refractivity (Wildman–Crippen MR) is 103 cm³/mol. The lowest BCUT2D eigenvalue weighted by Gasteiger charge is -2.17. The van der Waals surface area contributed by atoms with Gasteiger partial charge in [0.25, 0.3) is 0 Å². The maximum Gasteiger partial charge on any atom is 0.162 e. The fourth-order valence-electron chi connectivity index (χ4n) is 2.98. The zero-order valence-electron chi connectivity index (χ0n) is 14.8. The van der Waals surface area contributed by atoms with Gasteiger partial charge in [-0.25, -0.2) is 4.98 Å². The first kappa shape index (κ1) is 16.2. The van der Waals surface area contributed by atoms with Crippen molar-refractivity contribution < 1.29 is 9.47 Å². The zero-order chi connectivity index (χ0) is 17.9. The smallest absolute Gasteiger partial charge is 0.162 e. The fraction of sp³-hybridized carbons (Fsp3) is 0.136. The number of benzene rings is 2. The van der Waals surface area contributed by atoms with Crippen LogP contribution in [-0.4, -0.2) is 16.5 Å². The monoisotopic (exact) mass is 344 g/mol. The molecule has 130 valence electrons. The van der Waals surface area contributed by atoms with Crippen molar-refractivity contribution in [1.29, 1.82) is 0 Å². The maximum atomic E-state index is 6.12. The number of rotatable bonds is 5. The summed E-state index contributed by atoms with van der Waals surface area (Å²) in [6, 6.07) is 22.0. The summed E-state index contributed by atoms with van der Waals surface area (Å²) >= 11 is 0. The van der Waals surface area contributed by atoms with Gasteiger partial charge in [0.2, 0.25) is 0 Å². The van der Waals surface area contributed by atoms with Crippen LogP contribution < -0.4 is 9.47 Å². The Morgan fingerprint density at radius 1 is 0.923 bits per heavy atom. The molecule has 0 radical (unpaired) electrons. The highest BCUT2D eigenvalue weighted by atomic mass is 16.5. The Morgan fingerprint density at radius 2 is 1.73 bits per heavy atom. The Bertz CT molecular complexity index is 992. The molecular formula is C22H20N2O2. The van der Waals surface area contributed by atoms with E-state index >= 15 is 0 Å². The van der Waals surface area contributed by atoms with E-state index in [0.29, 0.717) is 5.75 Å². The van der Waals surface area contributed by atoms with Crippen molar-refractivity contribution in [2.75, 3.05) is 7.11 Å². The third-order valence-corrected chi connectivity index (χ3v) is 4.40. The van der Waals surface area contributed by atoms with Crippen LogP contribution in [0.5, 0.6) is 11.5 Å². The maximum absolute atomic E-state index is 6.12. The molecule has 0 aliphatic heterocycles. The molecule has 0 saturated carbocycles. The normalized spacial score (nSPS) is 12.1. The van der Waals surface area contributed by atoms with E-state index in [9.17, 15) is 0 Å². The van der Waals surface area contributed by atoms with E-state index in [4.69, 9.17) is 9.47 Å². The molecule has 4 aromatic rings. The molecule has 2 aromatic heterocycles. The van der Waals surface area contributed by atoms with Crippen LogP contribution in [0.2, 0.25) is 0 Å². The molecule has 0 bridgehead atoms. The average Bonchev–Trinajstić information content (AvgIpc) is 3.13. The summed E-state index contributed by atoms with van der Waals surface area (Å²) in [5.41, 5.74) is 3.93. The number of ether oxygens (including phenoxy) is 2. The van der Waals surface area contributed by atoms with E-state index in [1.807, 2.05) is 78.3 Å². The molecular weight excluding hydrogens is 324 g/mol. The van der Waals surface area contributed by atoms with Crippen molar-refractivity contribution >= 4 is 5.65 Å². The van der Waals surface area contributed by atoms with Gasteiger partial charge in [-0.15, -0.1) is 0 Å². The van der Waals surface area contributed by atoms with Crippen molar-refractivity contribution in [1.82, 2.24) is 9.38 Å². The first-order chi connectivity index (χ1) is 12.7. The minimum atomic E-state index is -0.0638. The number of fused-ring (bicyclic) bond motifs is 1. The van der Waals surface area contributed by atoms with Crippen LogP contribution in [-0.2, 0) is 0 Å². The van der Waals surface area contributed by atoms with Crippen LogP contribution >= 0.6 is 0 Å². The number of aromatic nitrogens is 2. The summed E-state index contributed by atoms with van der Waals surface area (Å²) in [6.45, 7) is 2.03. The largest absolute Gasteiger partial charge is 0.493 e. The second kappa shape index (κ2) is 6.92. The Morgan fingerprint density at radius 3 is 2.50 bits per heavy atom. The highest BCUT2D eigenvalue weighted by Gasteiger charge is 2.13. The van der Waals surface area contributed by atoms with Crippen molar-refractivity contribution in [3.63, 3.8) is 0 Å².